The Kier molecular flexibility index (Phi) is 5.50. The van der Waals surface area contributed by atoms with Gasteiger partial charge in [-0.25, -0.2) is 0 Å². The predicted octanol–water partition coefficient (Wildman–Crippen LogP) is 3.74. The van der Waals surface area contributed by atoms with E-state index < -0.39 is 0 Å². The van der Waals surface area contributed by atoms with Gasteiger partial charge in [0.15, 0.2) is 0 Å². The number of hydrogen-bond donors (Lipinski definition) is 1. The average Bonchev–Trinajstić information content (AvgIpc) is 2.29. The molecule has 0 aliphatic carbocycles. The van der Waals surface area contributed by atoms with E-state index in [2.05, 4.69) is 30.7 Å². The summed E-state index contributed by atoms with van der Waals surface area (Å²) >= 11 is 6.15. The van der Waals surface area contributed by atoms with Gasteiger partial charge in [0.25, 0.3) is 0 Å². The molecule has 3 heteroatoms. The van der Waals surface area contributed by atoms with E-state index in [-0.39, 0.29) is 6.04 Å². The third kappa shape index (κ3) is 3.62. The van der Waals surface area contributed by atoms with Crippen LogP contribution >= 0.6 is 11.6 Å². The largest absolute Gasteiger partial charge is 0.310 e. The molecule has 0 radical (unpaired) electrons. The van der Waals surface area contributed by atoms with E-state index in [0.717, 1.165) is 30.0 Å². The second kappa shape index (κ2) is 6.66. The highest BCUT2D eigenvalue weighted by Gasteiger charge is 2.14. The Labute approximate surface area is 103 Å². The van der Waals surface area contributed by atoms with E-state index in [1.165, 1.54) is 5.57 Å². The minimum Gasteiger partial charge on any atom is -0.310 e. The van der Waals surface area contributed by atoms with Crippen molar-refractivity contribution in [3.63, 3.8) is 0 Å². The molecule has 0 saturated carbocycles. The number of rotatable bonds is 6. The monoisotopic (exact) mass is 238 g/mol. The summed E-state index contributed by atoms with van der Waals surface area (Å²) in [5, 5.41) is 4.15. The maximum absolute atomic E-state index is 6.15. The quantitative estimate of drug-likeness (QED) is 0.764. The van der Waals surface area contributed by atoms with Gasteiger partial charge in [-0.2, -0.15) is 0 Å². The summed E-state index contributed by atoms with van der Waals surface area (Å²) in [5.74, 6) is 0. The third-order valence-corrected chi connectivity index (χ3v) is 2.94. The number of nitrogens with zero attached hydrogens (tertiary/aromatic N) is 1. The van der Waals surface area contributed by atoms with Crippen LogP contribution in [0.3, 0.4) is 0 Å². The Morgan fingerprint density at radius 2 is 2.31 bits per heavy atom. The van der Waals surface area contributed by atoms with Gasteiger partial charge in [0.05, 0.1) is 5.02 Å². The van der Waals surface area contributed by atoms with Crippen LogP contribution < -0.4 is 5.32 Å². The molecule has 0 bridgehead atoms. The second-order valence-corrected chi connectivity index (χ2v) is 4.22. The Morgan fingerprint density at radius 3 is 2.88 bits per heavy atom. The Hall–Kier alpha value is -0.860. The molecule has 1 rings (SSSR count). The molecular weight excluding hydrogens is 220 g/mol. The van der Waals surface area contributed by atoms with Crippen LogP contribution in [0.25, 0.3) is 0 Å². The van der Waals surface area contributed by atoms with E-state index in [9.17, 15) is 0 Å². The standard InChI is InChI=1S/C13H19ClN2/c1-4-10(3)8-13(16-5-2)11-6-7-15-9-12(11)14/h6-7,9,13,16H,3-5,8H2,1-2H3. The molecule has 16 heavy (non-hydrogen) atoms. The number of hydrogen-bond acceptors (Lipinski definition) is 2. The minimum absolute atomic E-state index is 0.243. The topological polar surface area (TPSA) is 24.9 Å². The zero-order valence-electron chi connectivity index (χ0n) is 9.96. The summed E-state index contributed by atoms with van der Waals surface area (Å²) in [6.45, 7) is 9.19. The SMILES string of the molecule is C=C(CC)CC(NCC)c1ccncc1Cl. The first-order valence-corrected chi connectivity index (χ1v) is 6.06. The van der Waals surface area contributed by atoms with E-state index >= 15 is 0 Å². The van der Waals surface area contributed by atoms with E-state index in [1.807, 2.05) is 6.07 Å². The molecule has 88 valence electrons. The summed E-state index contributed by atoms with van der Waals surface area (Å²) in [4.78, 5) is 4.00. The smallest absolute Gasteiger partial charge is 0.0637 e. The summed E-state index contributed by atoms with van der Waals surface area (Å²) in [7, 11) is 0. The third-order valence-electron chi connectivity index (χ3n) is 2.62. The van der Waals surface area contributed by atoms with Gasteiger partial charge in [-0.15, -0.1) is 0 Å². The summed E-state index contributed by atoms with van der Waals surface area (Å²) in [5.41, 5.74) is 2.34. The lowest BCUT2D eigenvalue weighted by molar-refractivity contribution is 0.542. The summed E-state index contributed by atoms with van der Waals surface area (Å²) in [6.07, 6.45) is 5.40. The van der Waals surface area contributed by atoms with Crippen LogP contribution in [-0.2, 0) is 0 Å². The first-order valence-electron chi connectivity index (χ1n) is 5.68. The first-order chi connectivity index (χ1) is 7.69. The van der Waals surface area contributed by atoms with E-state index in [0.29, 0.717) is 0 Å². The maximum Gasteiger partial charge on any atom is 0.0637 e. The van der Waals surface area contributed by atoms with E-state index in [1.54, 1.807) is 12.4 Å². The second-order valence-electron chi connectivity index (χ2n) is 3.82. The number of aromatic nitrogens is 1. The van der Waals surface area contributed by atoms with Crippen molar-refractivity contribution in [1.29, 1.82) is 0 Å². The molecule has 1 N–H and O–H groups in total. The molecule has 0 saturated heterocycles. The molecule has 2 nitrogen and oxygen atoms in total. The molecule has 0 aliphatic rings. The van der Waals surface area contributed by atoms with Crippen molar-refractivity contribution < 1.29 is 0 Å². The Balaban J connectivity index is 2.85. The lowest BCUT2D eigenvalue weighted by atomic mass is 9.99. The van der Waals surface area contributed by atoms with Crippen LogP contribution in [0.1, 0.15) is 38.3 Å². The number of nitrogens with one attached hydrogen (secondary N) is 1. The molecule has 0 spiro atoms. The average molecular weight is 239 g/mol. The lowest BCUT2D eigenvalue weighted by Crippen LogP contribution is -2.21. The van der Waals surface area contributed by atoms with Crippen LogP contribution in [0, 0.1) is 0 Å². The molecule has 0 aromatic carbocycles. The highest BCUT2D eigenvalue weighted by atomic mass is 35.5. The Morgan fingerprint density at radius 1 is 1.56 bits per heavy atom. The van der Waals surface area contributed by atoms with Crippen molar-refractivity contribution in [3.05, 3.63) is 41.2 Å². The number of halogens is 1. The van der Waals surface area contributed by atoms with Crippen molar-refractivity contribution in [2.45, 2.75) is 32.7 Å². The summed E-state index contributed by atoms with van der Waals surface area (Å²) in [6, 6.07) is 2.21. The van der Waals surface area contributed by atoms with Crippen LogP contribution in [-0.4, -0.2) is 11.5 Å². The summed E-state index contributed by atoms with van der Waals surface area (Å²) < 4.78 is 0. The molecule has 1 heterocycles. The van der Waals surface area contributed by atoms with Gasteiger partial charge in [0.2, 0.25) is 0 Å². The maximum atomic E-state index is 6.15. The zero-order valence-corrected chi connectivity index (χ0v) is 10.7. The van der Waals surface area contributed by atoms with Crippen LogP contribution in [0.4, 0.5) is 0 Å². The zero-order chi connectivity index (χ0) is 12.0. The van der Waals surface area contributed by atoms with Crippen molar-refractivity contribution in [2.24, 2.45) is 0 Å². The van der Waals surface area contributed by atoms with Gasteiger partial charge in [-0.05, 0) is 31.0 Å². The molecule has 1 aromatic rings. The predicted molar refractivity (Wildman–Crippen MR) is 69.7 cm³/mol. The fraction of sp³-hybridized carbons (Fsp3) is 0.462. The molecular formula is C13H19ClN2. The molecule has 0 fully saturated rings. The van der Waals surface area contributed by atoms with Crippen molar-refractivity contribution in [1.82, 2.24) is 10.3 Å². The molecule has 1 unspecified atom stereocenters. The van der Waals surface area contributed by atoms with Gasteiger partial charge in [-0.3, -0.25) is 4.98 Å². The Bertz CT molecular complexity index is 350. The van der Waals surface area contributed by atoms with Gasteiger partial charge >= 0.3 is 0 Å². The van der Waals surface area contributed by atoms with Gasteiger partial charge in [-0.1, -0.05) is 37.6 Å². The minimum atomic E-state index is 0.243. The number of pyridine rings is 1. The molecule has 0 amide bonds. The van der Waals surface area contributed by atoms with Gasteiger partial charge in [0.1, 0.15) is 0 Å². The van der Waals surface area contributed by atoms with Crippen molar-refractivity contribution in [3.8, 4) is 0 Å². The fourth-order valence-electron chi connectivity index (χ4n) is 1.64. The van der Waals surface area contributed by atoms with Crippen LogP contribution in [0.2, 0.25) is 5.02 Å². The highest BCUT2D eigenvalue weighted by Crippen LogP contribution is 2.27. The first kappa shape index (κ1) is 13.2. The van der Waals surface area contributed by atoms with Crippen molar-refractivity contribution >= 4 is 11.6 Å². The van der Waals surface area contributed by atoms with E-state index in [4.69, 9.17) is 11.6 Å². The van der Waals surface area contributed by atoms with Gasteiger partial charge < -0.3 is 5.32 Å². The van der Waals surface area contributed by atoms with Gasteiger partial charge in [0, 0.05) is 18.4 Å². The highest BCUT2D eigenvalue weighted by molar-refractivity contribution is 6.31. The molecule has 1 aromatic heterocycles. The molecule has 0 aliphatic heterocycles. The lowest BCUT2D eigenvalue weighted by Gasteiger charge is -2.20. The van der Waals surface area contributed by atoms with Crippen molar-refractivity contribution in [2.75, 3.05) is 6.54 Å². The van der Waals surface area contributed by atoms with Crippen LogP contribution in [0.5, 0.6) is 0 Å². The van der Waals surface area contributed by atoms with Crippen LogP contribution in [0.15, 0.2) is 30.6 Å². The normalized spacial score (nSPS) is 12.4. The fourth-order valence-corrected chi connectivity index (χ4v) is 1.89. The molecule has 1 atom stereocenters.